The summed E-state index contributed by atoms with van der Waals surface area (Å²) in [5, 5.41) is 0. The lowest BCUT2D eigenvalue weighted by atomic mass is 10.2. The Morgan fingerprint density at radius 1 is 0.957 bits per heavy atom. The third-order valence-electron chi connectivity index (χ3n) is 3.55. The van der Waals surface area contributed by atoms with Gasteiger partial charge in [-0.2, -0.15) is 0 Å². The first-order valence-electron chi connectivity index (χ1n) is 7.95. The lowest BCUT2D eigenvalue weighted by molar-refractivity contribution is -0.154. The molecule has 1 saturated heterocycles. The van der Waals surface area contributed by atoms with Gasteiger partial charge < -0.3 is 14.2 Å². The first-order valence-corrected chi connectivity index (χ1v) is 7.95. The van der Waals surface area contributed by atoms with Crippen LogP contribution in [0.2, 0.25) is 0 Å². The van der Waals surface area contributed by atoms with E-state index in [2.05, 4.69) is 11.8 Å². The monoisotopic (exact) mass is 308 g/mol. The van der Waals surface area contributed by atoms with Crippen molar-refractivity contribution >= 4 is 0 Å². The molecule has 1 heterocycles. The van der Waals surface area contributed by atoms with Gasteiger partial charge in [-0.15, -0.1) is 0 Å². The Hall–Kier alpha value is -2.28. The van der Waals surface area contributed by atoms with Crippen LogP contribution in [0.1, 0.15) is 24.8 Å². The van der Waals surface area contributed by atoms with Gasteiger partial charge in [0.25, 0.3) is 0 Å². The van der Waals surface area contributed by atoms with Crippen molar-refractivity contribution in [3.63, 3.8) is 0 Å². The van der Waals surface area contributed by atoms with E-state index >= 15 is 0 Å². The Kier molecular flexibility index (Phi) is 5.69. The topological polar surface area (TPSA) is 27.7 Å². The summed E-state index contributed by atoms with van der Waals surface area (Å²) >= 11 is 0. The van der Waals surface area contributed by atoms with Gasteiger partial charge in [-0.1, -0.05) is 30.0 Å². The second kappa shape index (κ2) is 8.38. The van der Waals surface area contributed by atoms with Crippen molar-refractivity contribution in [3.8, 4) is 23.3 Å². The molecule has 0 bridgehead atoms. The maximum Gasteiger partial charge on any atom is 0.158 e. The molecule has 0 aliphatic carbocycles. The number of benzene rings is 2. The van der Waals surface area contributed by atoms with Crippen LogP contribution in [0.15, 0.2) is 54.6 Å². The van der Waals surface area contributed by atoms with Crippen molar-refractivity contribution in [1.82, 2.24) is 0 Å². The molecule has 3 heteroatoms. The largest absolute Gasteiger partial charge is 0.457 e. The summed E-state index contributed by atoms with van der Waals surface area (Å²) in [6, 6.07) is 17.5. The molecule has 23 heavy (non-hydrogen) atoms. The van der Waals surface area contributed by atoms with Crippen LogP contribution in [-0.4, -0.2) is 19.5 Å². The molecule has 3 nitrogen and oxygen atoms in total. The summed E-state index contributed by atoms with van der Waals surface area (Å²) in [4.78, 5) is 0. The minimum atomic E-state index is -0.0836. The third-order valence-corrected chi connectivity index (χ3v) is 3.55. The van der Waals surface area contributed by atoms with Crippen LogP contribution in [0.5, 0.6) is 11.5 Å². The maximum absolute atomic E-state index is 5.75. The summed E-state index contributed by atoms with van der Waals surface area (Å²) in [6.07, 6.45) is 3.18. The first-order chi connectivity index (χ1) is 11.4. The molecule has 0 N–H and O–H groups in total. The second-order valence-corrected chi connectivity index (χ2v) is 5.35. The van der Waals surface area contributed by atoms with Crippen LogP contribution < -0.4 is 4.74 Å². The molecule has 0 spiro atoms. The highest BCUT2D eigenvalue weighted by Gasteiger charge is 2.12. The van der Waals surface area contributed by atoms with Crippen LogP contribution in [0.4, 0.5) is 0 Å². The zero-order valence-corrected chi connectivity index (χ0v) is 13.0. The molecule has 2 aromatic rings. The van der Waals surface area contributed by atoms with E-state index in [0.717, 1.165) is 36.5 Å². The van der Waals surface area contributed by atoms with E-state index < -0.39 is 0 Å². The molecule has 1 unspecified atom stereocenters. The molecular weight excluding hydrogens is 288 g/mol. The molecule has 1 aliphatic rings. The maximum atomic E-state index is 5.75. The quantitative estimate of drug-likeness (QED) is 0.785. The molecule has 0 amide bonds. The molecule has 118 valence electrons. The van der Waals surface area contributed by atoms with E-state index in [-0.39, 0.29) is 6.29 Å². The lowest BCUT2D eigenvalue weighted by Gasteiger charge is -2.21. The summed E-state index contributed by atoms with van der Waals surface area (Å²) < 4.78 is 16.8. The zero-order valence-electron chi connectivity index (χ0n) is 13.0. The number of ether oxygens (including phenoxy) is 3. The van der Waals surface area contributed by atoms with Gasteiger partial charge in [0.05, 0.1) is 0 Å². The summed E-state index contributed by atoms with van der Waals surface area (Å²) in [7, 11) is 0. The number of rotatable bonds is 4. The smallest absolute Gasteiger partial charge is 0.158 e. The fraction of sp³-hybridized carbons (Fsp3) is 0.300. The van der Waals surface area contributed by atoms with Gasteiger partial charge in [0.2, 0.25) is 0 Å². The highest BCUT2D eigenvalue weighted by molar-refractivity contribution is 5.40. The second-order valence-electron chi connectivity index (χ2n) is 5.35. The van der Waals surface area contributed by atoms with Gasteiger partial charge in [-0.05, 0) is 55.7 Å². The normalized spacial score (nSPS) is 17.1. The summed E-state index contributed by atoms with van der Waals surface area (Å²) in [6.45, 7) is 1.19. The Morgan fingerprint density at radius 2 is 1.74 bits per heavy atom. The van der Waals surface area contributed by atoms with Gasteiger partial charge in [-0.3, -0.25) is 0 Å². The van der Waals surface area contributed by atoms with Crippen LogP contribution >= 0.6 is 0 Å². The van der Waals surface area contributed by atoms with Crippen molar-refractivity contribution in [2.45, 2.75) is 25.6 Å². The van der Waals surface area contributed by atoms with Gasteiger partial charge >= 0.3 is 0 Å². The molecule has 0 aromatic heterocycles. The predicted octanol–water partition coefficient (Wildman–Crippen LogP) is 4.37. The average molecular weight is 308 g/mol. The molecule has 2 aromatic carbocycles. The van der Waals surface area contributed by atoms with E-state index in [1.165, 1.54) is 6.42 Å². The Balaban J connectivity index is 1.48. The van der Waals surface area contributed by atoms with Crippen molar-refractivity contribution in [1.29, 1.82) is 0 Å². The molecule has 0 radical (unpaired) electrons. The molecular formula is C20H20O3. The molecule has 1 aliphatic heterocycles. The minimum absolute atomic E-state index is 0.0836. The zero-order chi connectivity index (χ0) is 15.7. The van der Waals surface area contributed by atoms with Crippen LogP contribution in [-0.2, 0) is 9.47 Å². The molecule has 3 rings (SSSR count). The van der Waals surface area contributed by atoms with Gasteiger partial charge in [0, 0.05) is 12.2 Å². The molecule has 1 atom stereocenters. The van der Waals surface area contributed by atoms with E-state index in [0.29, 0.717) is 6.61 Å². The molecule has 0 saturated carbocycles. The van der Waals surface area contributed by atoms with Crippen LogP contribution in [0.25, 0.3) is 0 Å². The SMILES string of the molecule is C(#Cc1ccc(Oc2ccccc2)cc1)COC1CCCCO1. The van der Waals surface area contributed by atoms with Crippen molar-refractivity contribution in [2.75, 3.05) is 13.2 Å². The van der Waals surface area contributed by atoms with E-state index in [4.69, 9.17) is 14.2 Å². The van der Waals surface area contributed by atoms with E-state index in [9.17, 15) is 0 Å². The minimum Gasteiger partial charge on any atom is -0.457 e. The Bertz CT molecular complexity index is 647. The van der Waals surface area contributed by atoms with E-state index in [1.807, 2.05) is 54.6 Å². The van der Waals surface area contributed by atoms with Crippen molar-refractivity contribution in [2.24, 2.45) is 0 Å². The highest BCUT2D eigenvalue weighted by atomic mass is 16.7. The van der Waals surface area contributed by atoms with Crippen molar-refractivity contribution in [3.05, 3.63) is 60.2 Å². The van der Waals surface area contributed by atoms with Crippen LogP contribution in [0.3, 0.4) is 0 Å². The predicted molar refractivity (Wildman–Crippen MR) is 89.4 cm³/mol. The number of para-hydroxylation sites is 1. The average Bonchev–Trinajstić information content (AvgIpc) is 2.62. The van der Waals surface area contributed by atoms with Gasteiger partial charge in [-0.25, -0.2) is 0 Å². The van der Waals surface area contributed by atoms with Crippen LogP contribution in [0, 0.1) is 11.8 Å². The number of hydrogen-bond donors (Lipinski definition) is 0. The fourth-order valence-corrected chi connectivity index (χ4v) is 2.35. The highest BCUT2D eigenvalue weighted by Crippen LogP contribution is 2.20. The Labute approximate surface area is 137 Å². The summed E-state index contributed by atoms with van der Waals surface area (Å²) in [5.74, 6) is 7.74. The van der Waals surface area contributed by atoms with Crippen molar-refractivity contribution < 1.29 is 14.2 Å². The third kappa shape index (κ3) is 5.14. The lowest BCUT2D eigenvalue weighted by Crippen LogP contribution is -2.22. The molecule has 1 fully saturated rings. The fourth-order valence-electron chi connectivity index (χ4n) is 2.35. The van der Waals surface area contributed by atoms with Gasteiger partial charge in [0.1, 0.15) is 18.1 Å². The van der Waals surface area contributed by atoms with Gasteiger partial charge in [0.15, 0.2) is 6.29 Å². The Morgan fingerprint density at radius 3 is 2.48 bits per heavy atom. The number of hydrogen-bond acceptors (Lipinski definition) is 3. The van der Waals surface area contributed by atoms with E-state index in [1.54, 1.807) is 0 Å². The summed E-state index contributed by atoms with van der Waals surface area (Å²) in [5.41, 5.74) is 0.943. The first kappa shape index (κ1) is 15.6. The standard InChI is InChI=1S/C20H20O3/c1-2-8-18(9-3-1)23-19-13-11-17(12-14-19)7-6-16-22-20-10-4-5-15-21-20/h1-3,8-9,11-14,20H,4-5,10,15-16H2.